The topological polar surface area (TPSA) is 12.5 Å². The Morgan fingerprint density at radius 2 is 1.85 bits per heavy atom. The fourth-order valence-corrected chi connectivity index (χ4v) is 3.07. The lowest BCUT2D eigenvalue weighted by atomic mass is 9.97. The number of benzene rings is 1. The zero-order valence-corrected chi connectivity index (χ0v) is 12.2. The Morgan fingerprint density at radius 3 is 2.45 bits per heavy atom. The molecule has 1 aliphatic carbocycles. The molecule has 20 heavy (non-hydrogen) atoms. The zero-order chi connectivity index (χ0) is 13.9. The summed E-state index contributed by atoms with van der Waals surface area (Å²) < 4.78 is 18.6. The molecule has 3 rings (SSSR count). The normalized spacial score (nSPS) is 27.5. The van der Waals surface area contributed by atoms with E-state index in [4.69, 9.17) is 4.74 Å². The number of hydrogen-bond donors (Lipinski definition) is 0. The zero-order valence-electron chi connectivity index (χ0n) is 12.2. The molecule has 1 aromatic rings. The van der Waals surface area contributed by atoms with Crippen molar-refractivity contribution >= 4 is 0 Å². The van der Waals surface area contributed by atoms with Crippen molar-refractivity contribution in [3.8, 4) is 5.75 Å². The van der Waals surface area contributed by atoms with Gasteiger partial charge < -0.3 is 9.64 Å². The van der Waals surface area contributed by atoms with Gasteiger partial charge in [0.2, 0.25) is 0 Å². The van der Waals surface area contributed by atoms with E-state index in [1.807, 2.05) is 0 Å². The molecule has 0 N–H and O–H groups in total. The molecule has 0 spiro atoms. The van der Waals surface area contributed by atoms with Gasteiger partial charge in [0.1, 0.15) is 11.6 Å². The van der Waals surface area contributed by atoms with E-state index in [-0.39, 0.29) is 5.82 Å². The van der Waals surface area contributed by atoms with Crippen LogP contribution in [0.15, 0.2) is 24.3 Å². The largest absolute Gasteiger partial charge is 0.493 e. The number of rotatable bonds is 5. The van der Waals surface area contributed by atoms with Crippen LogP contribution in [0.4, 0.5) is 4.39 Å². The van der Waals surface area contributed by atoms with Crippen LogP contribution in [-0.2, 0) is 0 Å². The molecule has 2 aliphatic rings. The molecule has 0 amide bonds. The molecule has 0 bridgehead atoms. The van der Waals surface area contributed by atoms with Crippen LogP contribution in [0.1, 0.15) is 26.2 Å². The van der Waals surface area contributed by atoms with Crippen molar-refractivity contribution in [2.45, 2.75) is 26.2 Å². The van der Waals surface area contributed by atoms with Crippen LogP contribution >= 0.6 is 0 Å². The third kappa shape index (κ3) is 3.72. The molecular weight excluding hydrogens is 253 g/mol. The molecule has 1 aromatic carbocycles. The Kier molecular flexibility index (Phi) is 4.25. The van der Waals surface area contributed by atoms with E-state index in [0.29, 0.717) is 5.92 Å². The van der Waals surface area contributed by atoms with Crippen molar-refractivity contribution in [3.05, 3.63) is 30.1 Å². The second-order valence-electron chi connectivity index (χ2n) is 6.48. The minimum atomic E-state index is -0.208. The highest BCUT2D eigenvalue weighted by Crippen LogP contribution is 2.38. The van der Waals surface area contributed by atoms with Gasteiger partial charge in [-0.25, -0.2) is 4.39 Å². The third-order valence-electron chi connectivity index (χ3n) is 4.78. The first kappa shape index (κ1) is 13.9. The van der Waals surface area contributed by atoms with Gasteiger partial charge in [0, 0.05) is 6.54 Å². The summed E-state index contributed by atoms with van der Waals surface area (Å²) in [6, 6.07) is 6.32. The highest BCUT2D eigenvalue weighted by atomic mass is 19.1. The summed E-state index contributed by atoms with van der Waals surface area (Å²) in [5.74, 6) is 3.13. The first-order valence-electron chi connectivity index (χ1n) is 7.81. The van der Waals surface area contributed by atoms with Gasteiger partial charge in [0.05, 0.1) is 6.61 Å². The monoisotopic (exact) mass is 277 g/mol. The van der Waals surface area contributed by atoms with Gasteiger partial charge in [0.25, 0.3) is 0 Å². The highest BCUT2D eigenvalue weighted by Gasteiger charge is 2.34. The van der Waals surface area contributed by atoms with Gasteiger partial charge in [-0.15, -0.1) is 0 Å². The summed E-state index contributed by atoms with van der Waals surface area (Å²) in [5.41, 5.74) is 0. The van der Waals surface area contributed by atoms with Crippen LogP contribution in [0.5, 0.6) is 5.75 Å². The second kappa shape index (κ2) is 6.13. The van der Waals surface area contributed by atoms with Crippen molar-refractivity contribution in [3.63, 3.8) is 0 Å². The lowest BCUT2D eigenvalue weighted by molar-refractivity contribution is 0.136. The van der Waals surface area contributed by atoms with E-state index in [0.717, 1.165) is 24.2 Å². The van der Waals surface area contributed by atoms with E-state index in [9.17, 15) is 4.39 Å². The van der Waals surface area contributed by atoms with Gasteiger partial charge in [-0.1, -0.05) is 6.92 Å². The number of piperidine rings is 1. The highest BCUT2D eigenvalue weighted by molar-refractivity contribution is 5.22. The average molecular weight is 277 g/mol. The summed E-state index contributed by atoms with van der Waals surface area (Å²) >= 11 is 0. The molecule has 110 valence electrons. The van der Waals surface area contributed by atoms with Crippen molar-refractivity contribution in [2.24, 2.45) is 17.8 Å². The number of nitrogens with zero attached hydrogens (tertiary/aromatic N) is 1. The Bertz CT molecular complexity index is 425. The van der Waals surface area contributed by atoms with Crippen LogP contribution in [-0.4, -0.2) is 31.1 Å². The Balaban J connectivity index is 1.37. The molecule has 1 saturated carbocycles. The summed E-state index contributed by atoms with van der Waals surface area (Å²) in [6.45, 7) is 6.83. The van der Waals surface area contributed by atoms with E-state index in [1.54, 1.807) is 12.1 Å². The maximum Gasteiger partial charge on any atom is 0.123 e. The summed E-state index contributed by atoms with van der Waals surface area (Å²) in [7, 11) is 0. The molecule has 2 fully saturated rings. The quantitative estimate of drug-likeness (QED) is 0.816. The average Bonchev–Trinajstić information content (AvgIpc) is 3.15. The lowest BCUT2D eigenvalue weighted by Gasteiger charge is -2.31. The van der Waals surface area contributed by atoms with Crippen LogP contribution in [0.3, 0.4) is 0 Å². The maximum atomic E-state index is 12.8. The van der Waals surface area contributed by atoms with Crippen molar-refractivity contribution in [2.75, 3.05) is 26.2 Å². The predicted molar refractivity (Wildman–Crippen MR) is 78.3 cm³/mol. The van der Waals surface area contributed by atoms with Crippen molar-refractivity contribution < 1.29 is 9.13 Å². The predicted octanol–water partition coefficient (Wildman–Crippen LogP) is 3.57. The minimum absolute atomic E-state index is 0.208. The van der Waals surface area contributed by atoms with Gasteiger partial charge in [0.15, 0.2) is 0 Å². The molecule has 0 radical (unpaired) electrons. The van der Waals surface area contributed by atoms with Gasteiger partial charge >= 0.3 is 0 Å². The Morgan fingerprint density at radius 1 is 1.20 bits per heavy atom. The second-order valence-corrected chi connectivity index (χ2v) is 6.48. The first-order valence-corrected chi connectivity index (χ1v) is 7.81. The van der Waals surface area contributed by atoms with Gasteiger partial charge in [-0.05, 0) is 74.4 Å². The van der Waals surface area contributed by atoms with Crippen LogP contribution in [0.25, 0.3) is 0 Å². The van der Waals surface area contributed by atoms with Crippen LogP contribution in [0, 0.1) is 23.6 Å². The molecular formula is C17H24FNO. The van der Waals surface area contributed by atoms with Crippen molar-refractivity contribution in [1.29, 1.82) is 0 Å². The minimum Gasteiger partial charge on any atom is -0.493 e. The molecule has 1 aliphatic heterocycles. The van der Waals surface area contributed by atoms with Gasteiger partial charge in [-0.2, -0.15) is 0 Å². The third-order valence-corrected chi connectivity index (χ3v) is 4.78. The smallest absolute Gasteiger partial charge is 0.123 e. The fourth-order valence-electron chi connectivity index (χ4n) is 3.07. The summed E-state index contributed by atoms with van der Waals surface area (Å²) in [5, 5.41) is 0. The summed E-state index contributed by atoms with van der Waals surface area (Å²) in [4.78, 5) is 2.61. The molecule has 2 atom stereocenters. The first-order chi connectivity index (χ1) is 9.70. The molecule has 1 saturated heterocycles. The molecule has 1 heterocycles. The number of ether oxygens (including phenoxy) is 1. The number of likely N-dealkylation sites (tertiary alicyclic amines) is 1. The van der Waals surface area contributed by atoms with E-state index in [2.05, 4.69) is 11.8 Å². The SMILES string of the molecule is C[C@@H]1C[C@H]1CN1CCC(COc2ccc(F)cc2)CC1. The molecule has 2 nitrogen and oxygen atoms in total. The number of halogens is 1. The van der Waals surface area contributed by atoms with E-state index >= 15 is 0 Å². The molecule has 3 heteroatoms. The van der Waals surface area contributed by atoms with Crippen LogP contribution < -0.4 is 4.74 Å². The number of hydrogen-bond acceptors (Lipinski definition) is 2. The van der Waals surface area contributed by atoms with Crippen molar-refractivity contribution in [1.82, 2.24) is 4.90 Å². The maximum absolute atomic E-state index is 12.8. The van der Waals surface area contributed by atoms with E-state index in [1.165, 1.54) is 51.0 Å². The van der Waals surface area contributed by atoms with E-state index < -0.39 is 0 Å². The fraction of sp³-hybridized carbons (Fsp3) is 0.647. The Labute approximate surface area is 120 Å². The summed E-state index contributed by atoms with van der Waals surface area (Å²) in [6.07, 6.45) is 3.87. The Hall–Kier alpha value is -1.09. The molecule has 0 aromatic heterocycles. The molecule has 0 unspecified atom stereocenters. The lowest BCUT2D eigenvalue weighted by Crippen LogP contribution is -2.36. The van der Waals surface area contributed by atoms with Gasteiger partial charge in [-0.3, -0.25) is 0 Å². The standard InChI is InChI=1S/C17H24FNO/c1-13-10-15(13)11-19-8-6-14(7-9-19)12-20-17-4-2-16(18)3-5-17/h2-5,13-15H,6-12H2,1H3/t13-,15+/m1/s1. The van der Waals surface area contributed by atoms with Crippen LogP contribution in [0.2, 0.25) is 0 Å².